The number of nitrogens with zero attached hydrogens (tertiary/aromatic N) is 3. The zero-order valence-corrected chi connectivity index (χ0v) is 22.2. The maximum absolute atomic E-state index is 12.8. The second-order valence-corrected chi connectivity index (χ2v) is 9.88. The van der Waals surface area contributed by atoms with E-state index in [0.717, 1.165) is 67.1 Å². The van der Waals surface area contributed by atoms with E-state index in [1.807, 2.05) is 6.08 Å². The van der Waals surface area contributed by atoms with Gasteiger partial charge in [-0.25, -0.2) is 9.79 Å². The summed E-state index contributed by atoms with van der Waals surface area (Å²) in [4.78, 5) is 19.0. The third-order valence-corrected chi connectivity index (χ3v) is 7.34. The number of hydrogen-bond donors (Lipinski definition) is 1. The van der Waals surface area contributed by atoms with Gasteiger partial charge in [-0.1, -0.05) is 12.1 Å². The molecule has 38 heavy (non-hydrogen) atoms. The molecule has 0 saturated carbocycles. The fourth-order valence-electron chi connectivity index (χ4n) is 5.34. The Bertz CT molecular complexity index is 1280. The lowest BCUT2D eigenvalue weighted by atomic mass is 10.0. The predicted octanol–water partition coefficient (Wildman–Crippen LogP) is 6.19. The van der Waals surface area contributed by atoms with Crippen molar-refractivity contribution in [2.24, 2.45) is 4.99 Å². The van der Waals surface area contributed by atoms with E-state index in [1.54, 1.807) is 26.0 Å². The molecule has 0 spiro atoms. The number of alkyl halides is 3. The van der Waals surface area contributed by atoms with E-state index in [2.05, 4.69) is 34.4 Å². The van der Waals surface area contributed by atoms with Gasteiger partial charge in [0.05, 0.1) is 17.9 Å². The highest BCUT2D eigenvalue weighted by atomic mass is 19.4. The molecule has 204 valence electrons. The van der Waals surface area contributed by atoms with Crippen molar-refractivity contribution in [3.8, 4) is 0 Å². The Balaban J connectivity index is 1.39. The first-order valence-electron chi connectivity index (χ1n) is 12.9. The van der Waals surface area contributed by atoms with Crippen LogP contribution in [0.5, 0.6) is 0 Å². The minimum atomic E-state index is -4.31. The van der Waals surface area contributed by atoms with Gasteiger partial charge in [0.1, 0.15) is 11.3 Å². The molecule has 1 saturated heterocycles. The standard InChI is InChI=1S/C29H34F3N3O3/c1-5-38-28(37)26-19(3)33-25(27(26)36)17-22-16-18(2)35(20(22)4)24-11-14-34(15-12-24)13-10-21-6-8-23(9-7-21)29(30,31)32/h6-9,16-17,24,36H,5,10-15H2,1-4H3/b25-17+. The van der Waals surface area contributed by atoms with E-state index >= 15 is 0 Å². The summed E-state index contributed by atoms with van der Waals surface area (Å²) in [5.41, 5.74) is 4.31. The summed E-state index contributed by atoms with van der Waals surface area (Å²) in [5.74, 6) is -0.739. The number of rotatable bonds is 7. The van der Waals surface area contributed by atoms with Crippen molar-refractivity contribution in [3.05, 3.63) is 75.4 Å². The average molecular weight is 530 g/mol. The number of esters is 1. The number of aryl methyl sites for hydroxylation is 1. The number of aliphatic imine (C=N–C) groups is 1. The van der Waals surface area contributed by atoms with Crippen molar-refractivity contribution >= 4 is 17.8 Å². The number of piperidine rings is 1. The van der Waals surface area contributed by atoms with Crippen molar-refractivity contribution in [3.63, 3.8) is 0 Å². The Labute approximate surface area is 221 Å². The van der Waals surface area contributed by atoms with Crippen LogP contribution in [0, 0.1) is 13.8 Å². The number of carbonyl (C=O) groups excluding carboxylic acids is 1. The Morgan fingerprint density at radius 1 is 1.16 bits per heavy atom. The van der Waals surface area contributed by atoms with Gasteiger partial charge in [0.25, 0.3) is 0 Å². The first-order valence-corrected chi connectivity index (χ1v) is 12.9. The zero-order valence-electron chi connectivity index (χ0n) is 22.2. The number of carbonyl (C=O) groups is 1. The van der Waals surface area contributed by atoms with Gasteiger partial charge in [0, 0.05) is 37.1 Å². The van der Waals surface area contributed by atoms with Crippen LogP contribution in [0.3, 0.4) is 0 Å². The van der Waals surface area contributed by atoms with E-state index in [9.17, 15) is 23.1 Å². The lowest BCUT2D eigenvalue weighted by molar-refractivity contribution is -0.138. The molecule has 0 unspecified atom stereocenters. The molecule has 4 rings (SSSR count). The van der Waals surface area contributed by atoms with Crippen LogP contribution in [0.25, 0.3) is 6.08 Å². The number of aromatic nitrogens is 1. The maximum Gasteiger partial charge on any atom is 0.416 e. The van der Waals surface area contributed by atoms with Crippen molar-refractivity contribution < 1.29 is 27.8 Å². The van der Waals surface area contributed by atoms with E-state index in [1.165, 1.54) is 0 Å². The largest absolute Gasteiger partial charge is 0.505 e. The zero-order chi connectivity index (χ0) is 27.6. The highest BCUT2D eigenvalue weighted by Crippen LogP contribution is 2.32. The summed E-state index contributed by atoms with van der Waals surface area (Å²) < 4.78 is 45.7. The van der Waals surface area contributed by atoms with E-state index < -0.39 is 17.7 Å². The number of benzene rings is 1. The molecule has 1 fully saturated rings. The molecule has 0 amide bonds. The summed E-state index contributed by atoms with van der Waals surface area (Å²) in [7, 11) is 0. The third-order valence-electron chi connectivity index (χ3n) is 7.34. The van der Waals surface area contributed by atoms with E-state index in [4.69, 9.17) is 4.74 Å². The van der Waals surface area contributed by atoms with Gasteiger partial charge in [0.15, 0.2) is 5.76 Å². The lowest BCUT2D eigenvalue weighted by Gasteiger charge is -2.34. The molecule has 3 heterocycles. The summed E-state index contributed by atoms with van der Waals surface area (Å²) >= 11 is 0. The van der Waals surface area contributed by atoms with Crippen molar-refractivity contribution in [1.82, 2.24) is 9.47 Å². The van der Waals surface area contributed by atoms with Crippen molar-refractivity contribution in [2.45, 2.75) is 59.2 Å². The van der Waals surface area contributed by atoms with Crippen molar-refractivity contribution in [1.29, 1.82) is 0 Å². The molecule has 0 aliphatic carbocycles. The molecular weight excluding hydrogens is 495 g/mol. The van der Waals surface area contributed by atoms with Gasteiger partial charge in [-0.15, -0.1) is 0 Å². The second kappa shape index (κ2) is 11.2. The normalized spacial score (nSPS) is 18.4. The van der Waals surface area contributed by atoms with Crippen LogP contribution in [-0.2, 0) is 22.1 Å². The molecule has 1 aromatic heterocycles. The fourth-order valence-corrected chi connectivity index (χ4v) is 5.34. The predicted molar refractivity (Wildman–Crippen MR) is 141 cm³/mol. The summed E-state index contributed by atoms with van der Waals surface area (Å²) in [5, 5.41) is 10.6. The van der Waals surface area contributed by atoms with E-state index in [-0.39, 0.29) is 17.9 Å². The molecule has 1 N–H and O–H groups in total. The molecule has 9 heteroatoms. The number of halogens is 3. The smallest absolute Gasteiger partial charge is 0.416 e. The number of ether oxygens (including phenoxy) is 1. The SMILES string of the molecule is CCOC(=O)C1=C(O)/C(=C\c2cc(C)n(C3CCN(CCc4ccc(C(F)(F)F)cc4)CC3)c2C)N=C1C. The highest BCUT2D eigenvalue weighted by molar-refractivity contribution is 6.22. The Morgan fingerprint density at radius 2 is 1.82 bits per heavy atom. The molecular formula is C29H34F3N3O3. The summed E-state index contributed by atoms with van der Waals surface area (Å²) in [6, 6.07) is 7.83. The van der Waals surface area contributed by atoms with Gasteiger partial charge in [-0.05, 0) is 82.4 Å². The topological polar surface area (TPSA) is 67.1 Å². The maximum atomic E-state index is 12.8. The van der Waals surface area contributed by atoms with Crippen LogP contribution in [0.2, 0.25) is 0 Å². The lowest BCUT2D eigenvalue weighted by Crippen LogP contribution is -2.36. The van der Waals surface area contributed by atoms with Crippen LogP contribution in [0.1, 0.15) is 60.8 Å². The molecule has 0 bridgehead atoms. The van der Waals surface area contributed by atoms with Crippen LogP contribution in [0.15, 0.2) is 52.4 Å². The molecule has 2 aromatic rings. The van der Waals surface area contributed by atoms with Gasteiger partial charge in [0.2, 0.25) is 0 Å². The second-order valence-electron chi connectivity index (χ2n) is 9.88. The Hall–Kier alpha value is -3.33. The Morgan fingerprint density at radius 3 is 2.42 bits per heavy atom. The first-order chi connectivity index (χ1) is 18.0. The average Bonchev–Trinajstić information content (AvgIpc) is 3.31. The van der Waals surface area contributed by atoms with Crippen LogP contribution < -0.4 is 0 Å². The first kappa shape index (κ1) is 27.7. The Kier molecular flexibility index (Phi) is 8.16. The number of hydrogen-bond acceptors (Lipinski definition) is 5. The van der Waals surface area contributed by atoms with Gasteiger partial charge >= 0.3 is 12.1 Å². The number of aliphatic hydroxyl groups is 1. The third kappa shape index (κ3) is 5.88. The fraction of sp³-hybridized carbons (Fsp3) is 0.448. The quantitative estimate of drug-likeness (QED) is 0.434. The van der Waals surface area contributed by atoms with Gasteiger partial charge in [-0.3, -0.25) is 0 Å². The molecule has 6 nitrogen and oxygen atoms in total. The van der Waals surface area contributed by atoms with Gasteiger partial charge in [-0.2, -0.15) is 13.2 Å². The van der Waals surface area contributed by atoms with Crippen LogP contribution in [0.4, 0.5) is 13.2 Å². The summed E-state index contributed by atoms with van der Waals surface area (Å²) in [6.45, 7) is 10.4. The van der Waals surface area contributed by atoms with Crippen LogP contribution in [-0.4, -0.2) is 52.5 Å². The summed E-state index contributed by atoms with van der Waals surface area (Å²) in [6.07, 6.45) is 0.150. The van der Waals surface area contributed by atoms with Crippen molar-refractivity contribution in [2.75, 3.05) is 26.2 Å². The molecule has 1 aromatic carbocycles. The number of aliphatic hydroxyl groups excluding tert-OH is 1. The van der Waals surface area contributed by atoms with Crippen LogP contribution >= 0.6 is 0 Å². The minimum absolute atomic E-state index is 0.107. The van der Waals surface area contributed by atoms with E-state index in [0.29, 0.717) is 23.9 Å². The minimum Gasteiger partial charge on any atom is -0.505 e. The molecule has 0 radical (unpaired) electrons. The van der Waals surface area contributed by atoms with Gasteiger partial charge < -0.3 is 19.3 Å². The molecule has 2 aliphatic heterocycles. The number of likely N-dealkylation sites (tertiary alicyclic amines) is 1. The monoisotopic (exact) mass is 529 g/mol. The highest BCUT2D eigenvalue weighted by Gasteiger charge is 2.30. The molecule has 0 atom stereocenters. The molecule has 2 aliphatic rings.